The van der Waals surface area contributed by atoms with Gasteiger partial charge in [0.05, 0.1) is 0 Å². The van der Waals surface area contributed by atoms with Crippen LogP contribution in [0.4, 0.5) is 0 Å². The monoisotopic (exact) mass is 425 g/mol. The van der Waals surface area contributed by atoms with E-state index in [0.717, 1.165) is 24.5 Å². The summed E-state index contributed by atoms with van der Waals surface area (Å²) < 4.78 is 0. The van der Waals surface area contributed by atoms with E-state index in [2.05, 4.69) is 27.0 Å². The maximum absolute atomic E-state index is 10.0. The predicted octanol–water partition coefficient (Wildman–Crippen LogP) is 6.78. The van der Waals surface area contributed by atoms with Gasteiger partial charge in [0.15, 0.2) is 0 Å². The molecule has 3 nitrogen and oxygen atoms in total. The van der Waals surface area contributed by atoms with Crippen LogP contribution in [-0.2, 0) is 36.1 Å². The van der Waals surface area contributed by atoms with Crippen LogP contribution >= 0.6 is 0 Å². The van der Waals surface area contributed by atoms with Crippen molar-refractivity contribution in [2.24, 2.45) is 5.92 Å². The average Bonchev–Trinajstić information content (AvgIpc) is 2.68. The molecule has 4 heteroatoms. The zero-order valence-corrected chi connectivity index (χ0v) is 19.8. The summed E-state index contributed by atoms with van der Waals surface area (Å²) in [5.74, 6) is 0.879. The SMILES string of the molecule is C=C[C-]=O.C=C[C-]=O.CC(C)CCCCCCCCCCCCCC[C-]=O.[Ti+3]. The van der Waals surface area contributed by atoms with Crippen molar-refractivity contribution in [3.63, 3.8) is 0 Å². The Hall–Kier alpha value is -0.796. The fourth-order valence-corrected chi connectivity index (χ4v) is 2.52. The molecule has 159 valence electrons. The van der Waals surface area contributed by atoms with Crippen molar-refractivity contribution in [2.75, 3.05) is 0 Å². The first-order valence-electron chi connectivity index (χ1n) is 10.4. The summed E-state index contributed by atoms with van der Waals surface area (Å²) >= 11 is 0. The topological polar surface area (TPSA) is 51.2 Å². The van der Waals surface area contributed by atoms with Crippen molar-refractivity contribution >= 4 is 18.9 Å². The van der Waals surface area contributed by atoms with Crippen LogP contribution in [0.2, 0.25) is 0 Å². The number of hydrogen-bond donors (Lipinski definition) is 0. The number of rotatable bonds is 17. The molecule has 0 aromatic heterocycles. The molecule has 0 rings (SSSR count). The molecule has 1 radical (unpaired) electrons. The predicted molar refractivity (Wildman–Crippen MR) is 117 cm³/mol. The molecule has 0 aliphatic heterocycles. The molecule has 0 amide bonds. The van der Waals surface area contributed by atoms with Crippen LogP contribution in [-0.4, -0.2) is 18.9 Å². The number of hydrogen-bond acceptors (Lipinski definition) is 3. The van der Waals surface area contributed by atoms with Crippen LogP contribution in [0.3, 0.4) is 0 Å². The summed E-state index contributed by atoms with van der Waals surface area (Å²) in [6, 6.07) is 0. The van der Waals surface area contributed by atoms with Crippen molar-refractivity contribution in [1.29, 1.82) is 0 Å². The van der Waals surface area contributed by atoms with Crippen LogP contribution in [0.5, 0.6) is 0 Å². The van der Waals surface area contributed by atoms with Crippen molar-refractivity contribution in [2.45, 2.75) is 104 Å². The summed E-state index contributed by atoms with van der Waals surface area (Å²) in [4.78, 5) is 27.9. The van der Waals surface area contributed by atoms with Gasteiger partial charge in [-0.05, 0) is 18.5 Å². The second kappa shape index (κ2) is 37.0. The van der Waals surface area contributed by atoms with Crippen molar-refractivity contribution < 1.29 is 36.1 Å². The minimum Gasteiger partial charge on any atom is -0.542 e. The van der Waals surface area contributed by atoms with E-state index >= 15 is 0 Å². The standard InChI is InChI=1S/C18H35O.2C3H3O.Ti/c1-18(2)16-14-12-10-8-6-4-3-5-7-9-11-13-15-17-19;2*1-2-3-4;/h18H,3-16H2,1-2H3;2*2H,1H2;/q3*-1;+3. The molecule has 0 bridgehead atoms. The second-order valence-electron chi connectivity index (χ2n) is 6.96. The van der Waals surface area contributed by atoms with Crippen LogP contribution in [0, 0.1) is 5.92 Å². The second-order valence-corrected chi connectivity index (χ2v) is 6.96. The quantitative estimate of drug-likeness (QED) is 0.112. The molecular formula is C24H41O3Ti. The number of unbranched alkanes of at least 4 members (excludes halogenated alkanes) is 12. The molecule has 28 heavy (non-hydrogen) atoms. The normalized spacial score (nSPS) is 8.96. The minimum atomic E-state index is 0. The molecule has 0 saturated heterocycles. The molecule has 0 N–H and O–H groups in total. The molecular weight excluding hydrogens is 384 g/mol. The fraction of sp³-hybridized carbons (Fsp3) is 0.708. The molecule has 0 heterocycles. The third-order valence-electron chi connectivity index (χ3n) is 3.98. The van der Waals surface area contributed by atoms with Crippen LogP contribution in [0.15, 0.2) is 25.3 Å². The van der Waals surface area contributed by atoms with Crippen LogP contribution < -0.4 is 0 Å². The number of carbonyl (C=O) groups excluding carboxylic acids is 3. The molecule has 0 aliphatic carbocycles. The van der Waals surface area contributed by atoms with E-state index in [0.29, 0.717) is 6.42 Å². The van der Waals surface area contributed by atoms with Crippen molar-refractivity contribution in [1.82, 2.24) is 0 Å². The first-order valence-corrected chi connectivity index (χ1v) is 10.4. The van der Waals surface area contributed by atoms with Gasteiger partial charge in [0, 0.05) is 0 Å². The maximum atomic E-state index is 10.0. The third kappa shape index (κ3) is 49.9. The largest absolute Gasteiger partial charge is 3.00 e. The zero-order chi connectivity index (χ0) is 21.0. The van der Waals surface area contributed by atoms with Gasteiger partial charge in [0.2, 0.25) is 0 Å². The van der Waals surface area contributed by atoms with Crippen molar-refractivity contribution in [3.05, 3.63) is 25.3 Å². The molecule has 0 saturated carbocycles. The van der Waals surface area contributed by atoms with Gasteiger partial charge in [0.25, 0.3) is 0 Å². The summed E-state index contributed by atoms with van der Waals surface area (Å²) in [7, 11) is 0. The Morgan fingerprint density at radius 1 is 0.643 bits per heavy atom. The van der Waals surface area contributed by atoms with Gasteiger partial charge in [-0.25, -0.2) is 25.3 Å². The van der Waals surface area contributed by atoms with Gasteiger partial charge >= 0.3 is 21.7 Å². The molecule has 0 unspecified atom stereocenters. The molecule has 0 spiro atoms. The summed E-state index contributed by atoms with van der Waals surface area (Å²) in [6.45, 7) is 10.7. The first kappa shape index (κ1) is 34.7. The Bertz CT molecular complexity index is 304. The molecule has 0 aromatic rings. The van der Waals surface area contributed by atoms with E-state index in [4.69, 9.17) is 9.59 Å². The zero-order valence-electron chi connectivity index (χ0n) is 18.3. The van der Waals surface area contributed by atoms with E-state index in [1.54, 1.807) is 0 Å². The Morgan fingerprint density at radius 3 is 1.18 bits per heavy atom. The van der Waals surface area contributed by atoms with Gasteiger partial charge in [-0.15, -0.1) is 0 Å². The van der Waals surface area contributed by atoms with E-state index in [9.17, 15) is 4.79 Å². The van der Waals surface area contributed by atoms with Crippen LogP contribution in [0.25, 0.3) is 0 Å². The van der Waals surface area contributed by atoms with Gasteiger partial charge < -0.3 is 14.4 Å². The van der Waals surface area contributed by atoms with E-state index in [-0.39, 0.29) is 21.7 Å². The van der Waals surface area contributed by atoms with Crippen LogP contribution in [0.1, 0.15) is 104 Å². The molecule has 0 fully saturated rings. The van der Waals surface area contributed by atoms with E-state index < -0.39 is 0 Å². The first-order chi connectivity index (χ1) is 13.1. The summed E-state index contributed by atoms with van der Waals surface area (Å²) in [5, 5.41) is 0. The Labute approximate surface area is 189 Å². The Kier molecular flexibility index (Phi) is 45.9. The Balaban J connectivity index is -0.000000270. The molecule has 0 atom stereocenters. The smallest absolute Gasteiger partial charge is 0.542 e. The van der Waals surface area contributed by atoms with Gasteiger partial charge in [-0.3, -0.25) is 6.29 Å². The number of allylic oxidation sites excluding steroid dienone is 2. The van der Waals surface area contributed by atoms with Gasteiger partial charge in [0.1, 0.15) is 0 Å². The van der Waals surface area contributed by atoms with E-state index in [1.807, 2.05) is 6.29 Å². The van der Waals surface area contributed by atoms with Gasteiger partial charge in [-0.1, -0.05) is 97.3 Å². The van der Waals surface area contributed by atoms with Gasteiger partial charge in [-0.2, -0.15) is 6.42 Å². The molecule has 0 aromatic carbocycles. The summed E-state index contributed by atoms with van der Waals surface area (Å²) in [6.07, 6.45) is 25.3. The minimum absolute atomic E-state index is 0. The average molecular weight is 425 g/mol. The Morgan fingerprint density at radius 2 is 0.929 bits per heavy atom. The fourth-order valence-electron chi connectivity index (χ4n) is 2.52. The molecule has 0 aliphatic rings. The van der Waals surface area contributed by atoms with Crippen molar-refractivity contribution in [3.8, 4) is 0 Å². The van der Waals surface area contributed by atoms with E-state index in [1.165, 1.54) is 89.6 Å². The summed E-state index contributed by atoms with van der Waals surface area (Å²) in [5.41, 5.74) is 0. The maximum Gasteiger partial charge on any atom is 3.00 e. The third-order valence-corrected chi connectivity index (χ3v) is 3.98.